The van der Waals surface area contributed by atoms with E-state index in [1.165, 1.54) is 18.4 Å². The van der Waals surface area contributed by atoms with Crippen LogP contribution in [0.4, 0.5) is 0 Å². The highest BCUT2D eigenvalue weighted by Gasteiger charge is 2.18. The van der Waals surface area contributed by atoms with E-state index >= 15 is 0 Å². The highest BCUT2D eigenvalue weighted by atomic mass is 16.3. The standard InChI is InChI=1S/C12H24O.C4H6.3C2H6/c1-5-7-8-11(9-13)12(6-2)10(3)4;1-3-4-2;3*1-2/h11-13H,3,5-9H2,1-2,4H3;1H,4H2,2H3;3*1-2H3. The zero-order valence-corrected chi connectivity index (χ0v) is 18.1. The fourth-order valence-corrected chi connectivity index (χ4v) is 1.97. The highest BCUT2D eigenvalue weighted by molar-refractivity contribution is 4.98. The summed E-state index contributed by atoms with van der Waals surface area (Å²) in [5.41, 5.74) is 1.22. The van der Waals surface area contributed by atoms with E-state index in [1.54, 1.807) is 0 Å². The number of aliphatic hydroxyl groups excluding tert-OH is 1. The molecule has 0 radical (unpaired) electrons. The second-order valence-corrected chi connectivity index (χ2v) is 4.50. The Morgan fingerprint density at radius 1 is 1.04 bits per heavy atom. The van der Waals surface area contributed by atoms with Crippen LogP contribution in [0.2, 0.25) is 0 Å². The van der Waals surface area contributed by atoms with Crippen LogP contribution in [0.25, 0.3) is 0 Å². The Bertz CT molecular complexity index is 213. The molecule has 0 aromatic carbocycles. The lowest BCUT2D eigenvalue weighted by atomic mass is 9.82. The largest absolute Gasteiger partial charge is 0.396 e. The van der Waals surface area contributed by atoms with Crippen molar-refractivity contribution in [2.75, 3.05) is 6.61 Å². The van der Waals surface area contributed by atoms with Crippen molar-refractivity contribution >= 4 is 0 Å². The average Bonchev–Trinajstić information content (AvgIpc) is 2.63. The summed E-state index contributed by atoms with van der Waals surface area (Å²) in [6, 6.07) is 0. The summed E-state index contributed by atoms with van der Waals surface area (Å²) in [4.78, 5) is 0. The van der Waals surface area contributed by atoms with Gasteiger partial charge in [0.1, 0.15) is 0 Å². The summed E-state index contributed by atoms with van der Waals surface area (Å²) in [6.45, 7) is 24.7. The van der Waals surface area contributed by atoms with Gasteiger partial charge in [-0.25, -0.2) is 0 Å². The number of allylic oxidation sites excluding steroid dienone is 1. The van der Waals surface area contributed by atoms with Gasteiger partial charge in [0.25, 0.3) is 0 Å². The maximum absolute atomic E-state index is 9.26. The maximum Gasteiger partial charge on any atom is 0.0464 e. The molecule has 0 aromatic rings. The Balaban J connectivity index is -0.0000000900. The lowest BCUT2D eigenvalue weighted by Crippen LogP contribution is -2.18. The second-order valence-electron chi connectivity index (χ2n) is 4.50. The minimum atomic E-state index is 0.311. The summed E-state index contributed by atoms with van der Waals surface area (Å²) < 4.78 is 0. The Morgan fingerprint density at radius 2 is 1.43 bits per heavy atom. The Labute approximate surface area is 150 Å². The molecule has 2 unspecified atom stereocenters. The minimum absolute atomic E-state index is 0.311. The van der Waals surface area contributed by atoms with E-state index in [1.807, 2.05) is 48.5 Å². The smallest absolute Gasteiger partial charge is 0.0464 e. The molecule has 0 rings (SSSR count). The summed E-state index contributed by atoms with van der Waals surface area (Å²) in [6.07, 6.45) is 10.3. The van der Waals surface area contributed by atoms with Gasteiger partial charge in [-0.2, -0.15) is 0 Å². The van der Waals surface area contributed by atoms with E-state index in [4.69, 9.17) is 6.42 Å². The number of hydrogen-bond donors (Lipinski definition) is 1. The third-order valence-electron chi connectivity index (χ3n) is 3.01. The normalized spacial score (nSPS) is 10.3. The molecule has 0 amide bonds. The molecule has 2 atom stereocenters. The van der Waals surface area contributed by atoms with Crippen LogP contribution < -0.4 is 0 Å². The Hall–Kier alpha value is -0.740. The van der Waals surface area contributed by atoms with E-state index in [9.17, 15) is 5.11 Å². The van der Waals surface area contributed by atoms with Gasteiger partial charge in [0.15, 0.2) is 0 Å². The van der Waals surface area contributed by atoms with Crippen molar-refractivity contribution < 1.29 is 5.11 Å². The second kappa shape index (κ2) is 37.5. The van der Waals surface area contributed by atoms with Crippen LogP contribution in [0.15, 0.2) is 12.2 Å². The van der Waals surface area contributed by atoms with Crippen LogP contribution in [-0.2, 0) is 0 Å². The van der Waals surface area contributed by atoms with Crippen LogP contribution >= 0.6 is 0 Å². The van der Waals surface area contributed by atoms with E-state index in [0.29, 0.717) is 18.4 Å². The molecule has 1 N–H and O–H groups in total. The van der Waals surface area contributed by atoms with Gasteiger partial charge in [-0.3, -0.25) is 0 Å². The molecule has 23 heavy (non-hydrogen) atoms. The van der Waals surface area contributed by atoms with Crippen molar-refractivity contribution in [1.29, 1.82) is 0 Å². The van der Waals surface area contributed by atoms with Crippen molar-refractivity contribution in [3.63, 3.8) is 0 Å². The Kier molecular flexibility index (Phi) is 55.0. The minimum Gasteiger partial charge on any atom is -0.396 e. The van der Waals surface area contributed by atoms with E-state index in [-0.39, 0.29) is 0 Å². The average molecular weight is 329 g/mol. The molecule has 0 fully saturated rings. The maximum atomic E-state index is 9.26. The number of aliphatic hydroxyl groups is 1. The van der Waals surface area contributed by atoms with Gasteiger partial charge in [0, 0.05) is 13.0 Å². The molecular formula is C22H48O. The molecule has 0 aromatic heterocycles. The van der Waals surface area contributed by atoms with Gasteiger partial charge in [0.05, 0.1) is 0 Å². The van der Waals surface area contributed by atoms with Crippen molar-refractivity contribution in [3.05, 3.63) is 12.2 Å². The summed E-state index contributed by atoms with van der Waals surface area (Å²) >= 11 is 0. The molecule has 0 saturated carbocycles. The third kappa shape index (κ3) is 29.8. The molecule has 0 saturated heterocycles. The molecule has 142 valence electrons. The molecule has 1 heteroatoms. The monoisotopic (exact) mass is 328 g/mol. The predicted molar refractivity (Wildman–Crippen MR) is 112 cm³/mol. The fourth-order valence-electron chi connectivity index (χ4n) is 1.97. The van der Waals surface area contributed by atoms with Gasteiger partial charge < -0.3 is 5.11 Å². The van der Waals surface area contributed by atoms with Gasteiger partial charge in [-0.05, 0) is 31.6 Å². The van der Waals surface area contributed by atoms with E-state index < -0.39 is 0 Å². The third-order valence-corrected chi connectivity index (χ3v) is 3.01. The molecular weight excluding hydrogens is 280 g/mol. The zero-order chi connectivity index (χ0) is 19.7. The van der Waals surface area contributed by atoms with Gasteiger partial charge >= 0.3 is 0 Å². The molecule has 0 heterocycles. The first-order valence-corrected chi connectivity index (χ1v) is 9.78. The quantitative estimate of drug-likeness (QED) is 0.379. The molecule has 0 aliphatic carbocycles. The first-order valence-electron chi connectivity index (χ1n) is 9.78. The highest BCUT2D eigenvalue weighted by Crippen LogP contribution is 2.26. The zero-order valence-electron chi connectivity index (χ0n) is 18.1. The van der Waals surface area contributed by atoms with Crippen molar-refractivity contribution in [2.24, 2.45) is 11.8 Å². The van der Waals surface area contributed by atoms with Gasteiger partial charge in [0.2, 0.25) is 0 Å². The van der Waals surface area contributed by atoms with Crippen LogP contribution in [0.1, 0.15) is 101 Å². The van der Waals surface area contributed by atoms with Crippen LogP contribution in [0.3, 0.4) is 0 Å². The van der Waals surface area contributed by atoms with Crippen molar-refractivity contribution in [1.82, 2.24) is 0 Å². The number of hydrogen-bond acceptors (Lipinski definition) is 1. The molecule has 0 aliphatic rings. The van der Waals surface area contributed by atoms with Crippen molar-refractivity contribution in [3.8, 4) is 12.3 Å². The van der Waals surface area contributed by atoms with Crippen molar-refractivity contribution in [2.45, 2.75) is 101 Å². The lowest BCUT2D eigenvalue weighted by molar-refractivity contribution is 0.176. The number of unbranched alkanes of at least 4 members (excludes halogenated alkanes) is 1. The first kappa shape index (κ1) is 33.8. The fraction of sp³-hybridized carbons (Fsp3) is 0.818. The van der Waals surface area contributed by atoms with Gasteiger partial charge in [-0.1, -0.05) is 87.3 Å². The molecule has 1 nitrogen and oxygen atoms in total. The summed E-state index contributed by atoms with van der Waals surface area (Å²) in [5.74, 6) is 3.37. The lowest BCUT2D eigenvalue weighted by Gasteiger charge is -2.24. The Morgan fingerprint density at radius 3 is 1.61 bits per heavy atom. The van der Waals surface area contributed by atoms with E-state index in [0.717, 1.165) is 19.3 Å². The number of terminal acetylenes is 1. The SMILES string of the molecule is C#CCC.C=C(C)C(CC)C(CO)CCCC.CC.CC.CC. The predicted octanol–water partition coefficient (Wildman–Crippen LogP) is 7.50. The van der Waals surface area contributed by atoms with Crippen LogP contribution in [0.5, 0.6) is 0 Å². The number of rotatable bonds is 7. The molecule has 0 bridgehead atoms. The first-order chi connectivity index (χ1) is 11.1. The summed E-state index contributed by atoms with van der Waals surface area (Å²) in [5, 5.41) is 9.26. The van der Waals surface area contributed by atoms with Crippen LogP contribution in [-0.4, -0.2) is 11.7 Å². The molecule has 0 aliphatic heterocycles. The van der Waals surface area contributed by atoms with E-state index in [2.05, 4.69) is 33.3 Å². The van der Waals surface area contributed by atoms with Crippen LogP contribution in [0, 0.1) is 24.2 Å². The topological polar surface area (TPSA) is 20.2 Å². The molecule has 0 spiro atoms. The van der Waals surface area contributed by atoms with Gasteiger partial charge in [-0.15, -0.1) is 12.3 Å². The summed E-state index contributed by atoms with van der Waals surface area (Å²) in [7, 11) is 0.